The number of hydrogen-bond acceptors (Lipinski definition) is 4. The fourth-order valence-corrected chi connectivity index (χ4v) is 6.43. The summed E-state index contributed by atoms with van der Waals surface area (Å²) < 4.78 is 23.2. The van der Waals surface area contributed by atoms with Gasteiger partial charge in [0.05, 0.1) is 47.4 Å². The second kappa shape index (κ2) is 12.2. The summed E-state index contributed by atoms with van der Waals surface area (Å²) in [5.41, 5.74) is 1.64. The lowest BCUT2D eigenvalue weighted by Gasteiger charge is -2.32. The Hall–Kier alpha value is -3.43. The van der Waals surface area contributed by atoms with E-state index in [0.29, 0.717) is 37.9 Å². The van der Waals surface area contributed by atoms with Gasteiger partial charge in [0, 0.05) is 30.2 Å². The van der Waals surface area contributed by atoms with Crippen LogP contribution in [-0.2, 0) is 27.8 Å². The van der Waals surface area contributed by atoms with Gasteiger partial charge < -0.3 is 24.6 Å². The van der Waals surface area contributed by atoms with Gasteiger partial charge in [-0.25, -0.2) is 4.39 Å². The minimum absolute atomic E-state index is 0.00311. The van der Waals surface area contributed by atoms with Crippen LogP contribution in [0.1, 0.15) is 61.4 Å². The Bertz CT molecular complexity index is 1470. The molecule has 2 aliphatic rings. The molecular weight excluding hydrogens is 549 g/mol. The molecule has 2 N–H and O–H groups in total. The van der Waals surface area contributed by atoms with Crippen molar-refractivity contribution in [2.45, 2.75) is 70.1 Å². The second-order valence-corrected chi connectivity index (χ2v) is 11.7. The Labute approximate surface area is 243 Å². The van der Waals surface area contributed by atoms with Crippen molar-refractivity contribution < 1.29 is 28.6 Å². The number of benzene rings is 2. The second-order valence-electron chi connectivity index (χ2n) is 11.3. The van der Waals surface area contributed by atoms with E-state index in [-0.39, 0.29) is 52.7 Å². The molecule has 2 heterocycles. The number of hydrogen-bond donors (Lipinski definition) is 2. The molecule has 0 bridgehead atoms. The van der Waals surface area contributed by atoms with Gasteiger partial charge in [0.1, 0.15) is 5.82 Å². The zero-order valence-electron chi connectivity index (χ0n) is 23.2. The summed E-state index contributed by atoms with van der Waals surface area (Å²) in [5, 5.41) is 12.8. The van der Waals surface area contributed by atoms with E-state index in [2.05, 4.69) is 5.32 Å². The van der Waals surface area contributed by atoms with E-state index in [1.54, 1.807) is 11.1 Å². The molecule has 5 rings (SSSR count). The number of amides is 2. The van der Waals surface area contributed by atoms with Gasteiger partial charge in [0.2, 0.25) is 5.91 Å². The average Bonchev–Trinajstić information content (AvgIpc) is 3.49. The number of carboxylic acids is 1. The summed E-state index contributed by atoms with van der Waals surface area (Å²) in [5.74, 6) is -2.29. The number of aryl methyl sites for hydroxylation is 1. The van der Waals surface area contributed by atoms with E-state index in [1.165, 1.54) is 6.07 Å². The summed E-state index contributed by atoms with van der Waals surface area (Å²) in [6, 6.07) is 9.95. The first-order valence-corrected chi connectivity index (χ1v) is 14.5. The molecule has 1 saturated carbocycles. The van der Waals surface area contributed by atoms with Crippen molar-refractivity contribution in [3.8, 4) is 0 Å². The highest BCUT2D eigenvalue weighted by molar-refractivity contribution is 6.34. The number of carboxylic acid groups (broad SMARTS) is 1. The molecule has 3 aromatic rings. The third-order valence-corrected chi connectivity index (χ3v) is 8.80. The quantitative estimate of drug-likeness (QED) is 0.349. The van der Waals surface area contributed by atoms with Crippen LogP contribution in [-0.4, -0.2) is 57.2 Å². The molecule has 1 aromatic heterocycles. The zero-order chi connectivity index (χ0) is 29.3. The van der Waals surface area contributed by atoms with Gasteiger partial charge in [-0.3, -0.25) is 14.4 Å². The number of nitrogens with one attached hydrogen (secondary N) is 1. The summed E-state index contributed by atoms with van der Waals surface area (Å²) in [6.45, 7) is 2.35. The number of aromatic nitrogens is 1. The molecule has 8 nitrogen and oxygen atoms in total. The standard InChI is InChI=1S/C31H35ClFN3O5/c1-18-7-10-21(17-41-22-11-8-19(9-12-22)31(39)40)36(18)29(37)14-20-13-25(32)27(15-26(20)33)34-30(38)24-16-35(2)28-6-4-3-5-23(24)28/h3-6,13,15-16,18-19,21-22H,7-12,14,17H2,1-2H3,(H,34,38)(H,39,40)/t18-,19-,21-,22-/m0/s1. The van der Waals surface area contributed by atoms with Crippen LogP contribution in [0.2, 0.25) is 5.02 Å². The molecule has 2 atom stereocenters. The van der Waals surface area contributed by atoms with E-state index in [1.807, 2.05) is 42.8 Å². The maximum Gasteiger partial charge on any atom is 0.306 e. The number of para-hydroxylation sites is 1. The van der Waals surface area contributed by atoms with Gasteiger partial charge in [0.25, 0.3) is 5.91 Å². The normalized spacial score (nSPS) is 22.7. The Morgan fingerprint density at radius 2 is 1.83 bits per heavy atom. The minimum Gasteiger partial charge on any atom is -0.481 e. The van der Waals surface area contributed by atoms with Crippen molar-refractivity contribution in [1.82, 2.24) is 9.47 Å². The molecule has 0 unspecified atom stereocenters. The van der Waals surface area contributed by atoms with Crippen LogP contribution in [0.15, 0.2) is 42.6 Å². The van der Waals surface area contributed by atoms with Crippen molar-refractivity contribution >= 4 is 46.0 Å². The van der Waals surface area contributed by atoms with Gasteiger partial charge in [-0.1, -0.05) is 29.8 Å². The molecule has 218 valence electrons. The summed E-state index contributed by atoms with van der Waals surface area (Å²) in [4.78, 5) is 39.4. The van der Waals surface area contributed by atoms with Gasteiger partial charge in [-0.05, 0) is 69.2 Å². The fraction of sp³-hybridized carbons (Fsp3) is 0.452. The third-order valence-electron chi connectivity index (χ3n) is 8.49. The van der Waals surface area contributed by atoms with E-state index in [0.717, 1.165) is 29.8 Å². The predicted molar refractivity (Wildman–Crippen MR) is 155 cm³/mol. The first-order chi connectivity index (χ1) is 19.6. The number of ether oxygens (including phenoxy) is 1. The van der Waals surface area contributed by atoms with Crippen LogP contribution in [0.5, 0.6) is 0 Å². The number of rotatable bonds is 8. The van der Waals surface area contributed by atoms with Gasteiger partial charge in [-0.2, -0.15) is 0 Å². The molecular formula is C31H35ClFN3O5. The summed E-state index contributed by atoms with van der Waals surface area (Å²) in [7, 11) is 1.85. The lowest BCUT2D eigenvalue weighted by atomic mass is 9.87. The number of halogens is 2. The summed E-state index contributed by atoms with van der Waals surface area (Å²) >= 11 is 6.45. The summed E-state index contributed by atoms with van der Waals surface area (Å²) in [6.07, 6.45) is 5.76. The monoisotopic (exact) mass is 583 g/mol. The molecule has 41 heavy (non-hydrogen) atoms. The number of carbonyl (C=O) groups excluding carboxylic acids is 2. The molecule has 2 aromatic carbocycles. The minimum atomic E-state index is -0.752. The van der Waals surface area contributed by atoms with Crippen LogP contribution >= 0.6 is 11.6 Å². The lowest BCUT2D eigenvalue weighted by Crippen LogP contribution is -2.43. The third kappa shape index (κ3) is 6.26. The molecule has 0 spiro atoms. The Morgan fingerprint density at radius 1 is 1.10 bits per heavy atom. The van der Waals surface area contributed by atoms with Gasteiger partial charge >= 0.3 is 5.97 Å². The number of aliphatic carboxylic acids is 1. The Balaban J connectivity index is 1.22. The van der Waals surface area contributed by atoms with Crippen LogP contribution in [0.25, 0.3) is 10.9 Å². The van der Waals surface area contributed by atoms with Crippen LogP contribution in [0.4, 0.5) is 10.1 Å². The number of nitrogens with zero attached hydrogens (tertiary/aromatic N) is 2. The van der Waals surface area contributed by atoms with E-state index < -0.39 is 17.7 Å². The zero-order valence-corrected chi connectivity index (χ0v) is 24.0. The topological polar surface area (TPSA) is 101 Å². The average molecular weight is 584 g/mol. The van der Waals surface area contributed by atoms with E-state index in [9.17, 15) is 19.5 Å². The maximum absolute atomic E-state index is 15.2. The first-order valence-electron chi connectivity index (χ1n) is 14.1. The highest BCUT2D eigenvalue weighted by atomic mass is 35.5. The molecule has 0 radical (unpaired) electrons. The highest BCUT2D eigenvalue weighted by Gasteiger charge is 2.36. The van der Waals surface area contributed by atoms with E-state index >= 15 is 4.39 Å². The molecule has 1 aliphatic carbocycles. The molecule has 10 heteroatoms. The Kier molecular flexibility index (Phi) is 8.66. The maximum atomic E-state index is 15.2. The number of anilines is 1. The van der Waals surface area contributed by atoms with Crippen molar-refractivity contribution in [2.75, 3.05) is 11.9 Å². The number of fused-ring (bicyclic) bond motifs is 1. The first kappa shape index (κ1) is 29.1. The molecule has 2 amide bonds. The molecule has 1 saturated heterocycles. The number of carbonyl (C=O) groups is 3. The molecule has 2 fully saturated rings. The van der Waals surface area contributed by atoms with E-state index in [4.69, 9.17) is 16.3 Å². The van der Waals surface area contributed by atoms with Crippen molar-refractivity contribution in [1.29, 1.82) is 0 Å². The highest BCUT2D eigenvalue weighted by Crippen LogP contribution is 2.31. The molecule has 1 aliphatic heterocycles. The van der Waals surface area contributed by atoms with Crippen LogP contribution in [0.3, 0.4) is 0 Å². The smallest absolute Gasteiger partial charge is 0.306 e. The lowest BCUT2D eigenvalue weighted by molar-refractivity contribution is -0.144. The SMILES string of the molecule is C[C@H]1CC[C@@H](CO[C@H]2CC[C@H](C(=O)O)CC2)N1C(=O)Cc1cc(Cl)c(NC(=O)c2cn(C)c3ccccc23)cc1F. The van der Waals surface area contributed by atoms with Crippen molar-refractivity contribution in [2.24, 2.45) is 13.0 Å². The largest absolute Gasteiger partial charge is 0.481 e. The van der Waals surface area contributed by atoms with Crippen LogP contribution in [0, 0.1) is 11.7 Å². The van der Waals surface area contributed by atoms with Gasteiger partial charge in [-0.15, -0.1) is 0 Å². The van der Waals surface area contributed by atoms with Crippen LogP contribution < -0.4 is 5.32 Å². The number of likely N-dealkylation sites (tertiary alicyclic amines) is 1. The Morgan fingerprint density at radius 3 is 2.56 bits per heavy atom. The van der Waals surface area contributed by atoms with Crippen molar-refractivity contribution in [3.05, 3.63) is 64.6 Å². The van der Waals surface area contributed by atoms with Crippen molar-refractivity contribution in [3.63, 3.8) is 0 Å². The fourth-order valence-electron chi connectivity index (χ4n) is 6.19. The van der Waals surface area contributed by atoms with Gasteiger partial charge in [0.15, 0.2) is 0 Å². The predicted octanol–water partition coefficient (Wildman–Crippen LogP) is 5.81.